The summed E-state index contributed by atoms with van der Waals surface area (Å²) in [5.74, 6) is -0.481. The van der Waals surface area contributed by atoms with Gasteiger partial charge in [-0.15, -0.1) is 5.10 Å². The maximum atomic E-state index is 11.8. The minimum Gasteiger partial charge on any atom is -0.488 e. The van der Waals surface area contributed by atoms with Crippen molar-refractivity contribution in [3.63, 3.8) is 0 Å². The first-order valence-electron chi connectivity index (χ1n) is 8.51. The monoisotopic (exact) mass is 507 g/mol. The van der Waals surface area contributed by atoms with E-state index in [0.717, 1.165) is 27.9 Å². The van der Waals surface area contributed by atoms with Crippen molar-refractivity contribution in [1.29, 1.82) is 0 Å². The van der Waals surface area contributed by atoms with E-state index in [0.29, 0.717) is 22.9 Å². The Bertz CT molecular complexity index is 1050. The molecular formula is C20H15BrClN3O4S. The van der Waals surface area contributed by atoms with Crippen molar-refractivity contribution in [3.05, 3.63) is 74.1 Å². The average Bonchev–Trinajstić information content (AvgIpc) is 3.07. The SMILES string of the molecule is COC(=O)/C=C1/S/C(=N\N=Cc2cc(Cl)ccc2OCc2ccc(Br)cc2)NC1=O. The zero-order valence-electron chi connectivity index (χ0n) is 15.6. The number of rotatable bonds is 6. The molecule has 1 aliphatic heterocycles. The van der Waals surface area contributed by atoms with Gasteiger partial charge >= 0.3 is 5.97 Å². The van der Waals surface area contributed by atoms with E-state index >= 15 is 0 Å². The lowest BCUT2D eigenvalue weighted by Crippen LogP contribution is -2.19. The quantitative estimate of drug-likeness (QED) is 0.272. The lowest BCUT2D eigenvalue weighted by molar-refractivity contribution is -0.135. The molecule has 1 fully saturated rings. The number of halogens is 2. The number of nitrogens with zero attached hydrogens (tertiary/aromatic N) is 2. The number of carbonyl (C=O) groups excluding carboxylic acids is 2. The van der Waals surface area contributed by atoms with Crippen LogP contribution in [0.1, 0.15) is 11.1 Å². The normalized spacial score (nSPS) is 16.3. The van der Waals surface area contributed by atoms with Crippen LogP contribution >= 0.6 is 39.3 Å². The van der Waals surface area contributed by atoms with Crippen LogP contribution in [0.3, 0.4) is 0 Å². The molecule has 2 aromatic rings. The number of thioether (sulfide) groups is 1. The molecule has 0 saturated carbocycles. The zero-order valence-corrected chi connectivity index (χ0v) is 18.8. The van der Waals surface area contributed by atoms with Crippen LogP contribution < -0.4 is 10.1 Å². The predicted molar refractivity (Wildman–Crippen MR) is 121 cm³/mol. The Hall–Kier alpha value is -2.62. The third-order valence-corrected chi connectivity index (χ3v) is 5.39. The number of ether oxygens (including phenoxy) is 2. The van der Waals surface area contributed by atoms with E-state index in [1.54, 1.807) is 18.2 Å². The Kier molecular flexibility index (Phi) is 7.67. The van der Waals surface area contributed by atoms with Gasteiger partial charge in [0.2, 0.25) is 0 Å². The van der Waals surface area contributed by atoms with Gasteiger partial charge in [-0.25, -0.2) is 4.79 Å². The molecule has 0 bridgehead atoms. The molecular weight excluding hydrogens is 494 g/mol. The fourth-order valence-corrected chi connectivity index (χ4v) is 3.46. The van der Waals surface area contributed by atoms with Gasteiger partial charge < -0.3 is 9.47 Å². The first-order chi connectivity index (χ1) is 14.4. The molecule has 0 radical (unpaired) electrons. The number of nitrogens with one attached hydrogen (secondary N) is 1. The molecule has 10 heteroatoms. The highest BCUT2D eigenvalue weighted by Crippen LogP contribution is 2.25. The molecule has 1 amide bonds. The second-order valence-electron chi connectivity index (χ2n) is 5.83. The van der Waals surface area contributed by atoms with E-state index in [-0.39, 0.29) is 10.1 Å². The predicted octanol–water partition coefficient (Wildman–Crippen LogP) is 4.29. The number of hydrogen-bond donors (Lipinski definition) is 1. The van der Waals surface area contributed by atoms with E-state index in [1.165, 1.54) is 13.3 Å². The number of amidine groups is 1. The molecule has 30 heavy (non-hydrogen) atoms. The van der Waals surface area contributed by atoms with Crippen molar-refractivity contribution in [3.8, 4) is 5.75 Å². The number of esters is 1. The third kappa shape index (κ3) is 6.19. The van der Waals surface area contributed by atoms with Crippen molar-refractivity contribution < 1.29 is 19.1 Å². The van der Waals surface area contributed by atoms with Gasteiger partial charge in [0, 0.05) is 21.1 Å². The highest BCUT2D eigenvalue weighted by molar-refractivity contribution is 9.10. The summed E-state index contributed by atoms with van der Waals surface area (Å²) in [6, 6.07) is 13.0. The minimum absolute atomic E-state index is 0.178. The topological polar surface area (TPSA) is 89.3 Å². The molecule has 0 atom stereocenters. The van der Waals surface area contributed by atoms with Crippen molar-refractivity contribution in [2.24, 2.45) is 10.2 Å². The molecule has 0 aliphatic carbocycles. The van der Waals surface area contributed by atoms with Crippen LogP contribution in [0.15, 0.2) is 68.1 Å². The summed E-state index contributed by atoms with van der Waals surface area (Å²) in [6.07, 6.45) is 2.57. The maximum absolute atomic E-state index is 11.8. The van der Waals surface area contributed by atoms with Crippen LogP contribution in [-0.2, 0) is 20.9 Å². The maximum Gasteiger partial charge on any atom is 0.331 e. The number of hydrogen-bond acceptors (Lipinski definition) is 7. The van der Waals surface area contributed by atoms with Gasteiger partial charge in [-0.1, -0.05) is 39.7 Å². The van der Waals surface area contributed by atoms with Crippen LogP contribution in [0.2, 0.25) is 5.02 Å². The van der Waals surface area contributed by atoms with E-state index in [1.807, 2.05) is 24.3 Å². The van der Waals surface area contributed by atoms with Gasteiger partial charge in [0.05, 0.1) is 18.2 Å². The highest BCUT2D eigenvalue weighted by Gasteiger charge is 2.25. The van der Waals surface area contributed by atoms with Gasteiger partial charge in [0.1, 0.15) is 12.4 Å². The largest absolute Gasteiger partial charge is 0.488 e. The van der Waals surface area contributed by atoms with E-state index in [2.05, 4.69) is 36.2 Å². The molecule has 0 spiro atoms. The summed E-state index contributed by atoms with van der Waals surface area (Å²) in [5, 5.41) is 11.3. The lowest BCUT2D eigenvalue weighted by Gasteiger charge is -2.09. The Balaban J connectivity index is 1.70. The highest BCUT2D eigenvalue weighted by atomic mass is 79.9. The van der Waals surface area contributed by atoms with Crippen molar-refractivity contribution in [2.75, 3.05) is 7.11 Å². The Morgan fingerprint density at radius 1 is 1.27 bits per heavy atom. The zero-order chi connectivity index (χ0) is 21.5. The van der Waals surface area contributed by atoms with Gasteiger partial charge in [-0.3, -0.25) is 10.1 Å². The molecule has 1 N–H and O–H groups in total. The molecule has 0 unspecified atom stereocenters. The van der Waals surface area contributed by atoms with Crippen LogP contribution in [-0.4, -0.2) is 30.4 Å². The van der Waals surface area contributed by atoms with Crippen LogP contribution in [0.4, 0.5) is 0 Å². The average molecular weight is 509 g/mol. The van der Waals surface area contributed by atoms with Crippen LogP contribution in [0.5, 0.6) is 5.75 Å². The fraction of sp³-hybridized carbons (Fsp3) is 0.100. The Morgan fingerprint density at radius 2 is 2.03 bits per heavy atom. The lowest BCUT2D eigenvalue weighted by atomic mass is 10.2. The second kappa shape index (κ2) is 10.4. The van der Waals surface area contributed by atoms with Gasteiger partial charge in [0.15, 0.2) is 5.17 Å². The van der Waals surface area contributed by atoms with Crippen LogP contribution in [0, 0.1) is 0 Å². The second-order valence-corrected chi connectivity index (χ2v) is 8.22. The minimum atomic E-state index is -0.621. The molecule has 154 valence electrons. The Morgan fingerprint density at radius 3 is 2.77 bits per heavy atom. The Labute approximate surface area is 190 Å². The molecule has 0 aromatic heterocycles. The summed E-state index contributed by atoms with van der Waals surface area (Å²) >= 11 is 10.5. The van der Waals surface area contributed by atoms with Gasteiger partial charge in [-0.05, 0) is 47.7 Å². The first kappa shape index (κ1) is 22.1. The fourth-order valence-electron chi connectivity index (χ4n) is 2.28. The standard InChI is InChI=1S/C20H15BrClN3O4S/c1-28-18(26)9-17-19(27)24-20(30-17)25-23-10-13-8-15(22)6-7-16(13)29-11-12-2-4-14(21)5-3-12/h2-10H,11H2,1H3,(H,24,25,27)/b17-9+,23-10?. The summed E-state index contributed by atoms with van der Waals surface area (Å²) < 4.78 is 11.4. The molecule has 1 heterocycles. The molecule has 7 nitrogen and oxygen atoms in total. The number of methoxy groups -OCH3 is 1. The van der Waals surface area contributed by atoms with Crippen LogP contribution in [0.25, 0.3) is 0 Å². The van der Waals surface area contributed by atoms with Crippen molar-refractivity contribution in [1.82, 2.24) is 5.32 Å². The molecule has 2 aromatic carbocycles. The summed E-state index contributed by atoms with van der Waals surface area (Å²) in [6.45, 7) is 0.373. The molecule has 3 rings (SSSR count). The van der Waals surface area contributed by atoms with Gasteiger partial charge in [0.25, 0.3) is 5.91 Å². The number of carbonyl (C=O) groups is 2. The summed E-state index contributed by atoms with van der Waals surface area (Å²) in [4.78, 5) is 23.3. The van der Waals surface area contributed by atoms with E-state index < -0.39 is 11.9 Å². The van der Waals surface area contributed by atoms with Crippen molar-refractivity contribution in [2.45, 2.75) is 6.61 Å². The first-order valence-corrected chi connectivity index (χ1v) is 10.5. The number of amides is 1. The molecule has 1 saturated heterocycles. The summed E-state index contributed by atoms with van der Waals surface area (Å²) in [5.41, 5.74) is 1.63. The van der Waals surface area contributed by atoms with Crippen molar-refractivity contribution >= 4 is 62.6 Å². The smallest absolute Gasteiger partial charge is 0.331 e. The third-order valence-electron chi connectivity index (χ3n) is 3.73. The van der Waals surface area contributed by atoms with E-state index in [4.69, 9.17) is 16.3 Å². The van der Waals surface area contributed by atoms with Gasteiger partial charge in [-0.2, -0.15) is 5.10 Å². The molecule has 1 aliphatic rings. The van der Waals surface area contributed by atoms with E-state index in [9.17, 15) is 9.59 Å². The summed E-state index contributed by atoms with van der Waals surface area (Å²) in [7, 11) is 1.23. The number of benzene rings is 2.